The molecule has 0 bridgehead atoms. The lowest BCUT2D eigenvalue weighted by molar-refractivity contribution is -0.158. The average Bonchev–Trinajstić information content (AvgIpc) is 3.14. The molecule has 1 fully saturated rings. The fourth-order valence-electron chi connectivity index (χ4n) is 2.97. The number of nitrogens with one attached hydrogen (secondary N) is 1. The van der Waals surface area contributed by atoms with Crippen molar-refractivity contribution in [2.45, 2.75) is 38.7 Å². The Morgan fingerprint density at radius 1 is 1.28 bits per heavy atom. The number of para-hydroxylation sites is 1. The van der Waals surface area contributed by atoms with Gasteiger partial charge >= 0.3 is 5.97 Å². The number of esters is 1. The molecule has 1 aromatic heterocycles. The van der Waals surface area contributed by atoms with E-state index in [9.17, 15) is 14.4 Å². The largest absolute Gasteiger partial charge is 0.453 e. The Bertz CT molecular complexity index is 840. The van der Waals surface area contributed by atoms with E-state index in [0.29, 0.717) is 16.7 Å². The number of nitrogens with zero attached hydrogens (tertiary/aromatic N) is 2. The number of aromatic amines is 1. The van der Waals surface area contributed by atoms with Crippen molar-refractivity contribution < 1.29 is 14.3 Å². The number of H-pyrrole nitrogens is 1. The summed E-state index contributed by atoms with van der Waals surface area (Å²) in [4.78, 5) is 44.9. The first-order valence-corrected chi connectivity index (χ1v) is 8.51. The number of benzene rings is 1. The number of ether oxygens (including phenoxy) is 1. The van der Waals surface area contributed by atoms with Crippen molar-refractivity contribution >= 4 is 22.8 Å². The molecule has 2 aromatic rings. The summed E-state index contributed by atoms with van der Waals surface area (Å²) in [5.74, 6) is -0.196. The van der Waals surface area contributed by atoms with Gasteiger partial charge in [0.1, 0.15) is 5.82 Å². The van der Waals surface area contributed by atoms with Crippen molar-refractivity contribution in [2.24, 2.45) is 0 Å². The molecule has 1 amide bonds. The summed E-state index contributed by atoms with van der Waals surface area (Å²) in [7, 11) is 0. The van der Waals surface area contributed by atoms with Gasteiger partial charge in [-0.15, -0.1) is 0 Å². The number of hydrogen-bond acceptors (Lipinski definition) is 5. The molecular weight excluding hydrogens is 322 g/mol. The molecule has 1 unspecified atom stereocenters. The standard InChI is InChI=1S/C18H21N3O4/c1-12(18(24)21-10-4-5-11-21)25-16(22)9-8-15-19-14-7-3-2-6-13(14)17(23)20-15/h2-3,6-7,12H,4-5,8-11H2,1H3,(H,19,20,23). The molecule has 1 aliphatic heterocycles. The fraction of sp³-hybridized carbons (Fsp3) is 0.444. The maximum Gasteiger partial charge on any atom is 0.307 e. The van der Waals surface area contributed by atoms with Gasteiger partial charge < -0.3 is 14.6 Å². The summed E-state index contributed by atoms with van der Waals surface area (Å²) in [5.41, 5.74) is 0.360. The number of carbonyl (C=O) groups excluding carboxylic acids is 2. The Balaban J connectivity index is 1.57. The maximum atomic E-state index is 12.1. The van der Waals surface area contributed by atoms with Crippen LogP contribution < -0.4 is 5.56 Å². The third kappa shape index (κ3) is 4.04. The van der Waals surface area contributed by atoms with Crippen LogP contribution in [-0.4, -0.2) is 45.9 Å². The van der Waals surface area contributed by atoms with E-state index in [4.69, 9.17) is 4.74 Å². The van der Waals surface area contributed by atoms with Gasteiger partial charge in [-0.25, -0.2) is 4.98 Å². The molecule has 0 spiro atoms. The average molecular weight is 343 g/mol. The van der Waals surface area contributed by atoms with Crippen molar-refractivity contribution in [3.8, 4) is 0 Å². The van der Waals surface area contributed by atoms with Crippen LogP contribution in [0.15, 0.2) is 29.1 Å². The highest BCUT2D eigenvalue weighted by Crippen LogP contribution is 2.11. The second-order valence-corrected chi connectivity index (χ2v) is 6.19. The van der Waals surface area contributed by atoms with E-state index in [1.807, 2.05) is 0 Å². The van der Waals surface area contributed by atoms with Gasteiger partial charge in [0.15, 0.2) is 6.10 Å². The smallest absolute Gasteiger partial charge is 0.307 e. The van der Waals surface area contributed by atoms with Gasteiger partial charge in [0, 0.05) is 19.5 Å². The summed E-state index contributed by atoms with van der Waals surface area (Å²) in [6, 6.07) is 7.03. The second kappa shape index (κ2) is 7.46. The summed E-state index contributed by atoms with van der Waals surface area (Å²) in [5, 5.41) is 0.513. The highest BCUT2D eigenvalue weighted by atomic mass is 16.5. The Morgan fingerprint density at radius 2 is 2.00 bits per heavy atom. The normalized spacial score (nSPS) is 15.3. The first kappa shape index (κ1) is 17.1. The van der Waals surface area contributed by atoms with Gasteiger partial charge in [-0.2, -0.15) is 0 Å². The number of amides is 1. The number of likely N-dealkylation sites (tertiary alicyclic amines) is 1. The molecule has 1 atom stereocenters. The number of carbonyl (C=O) groups is 2. The number of aryl methyl sites for hydroxylation is 1. The number of hydrogen-bond donors (Lipinski definition) is 1. The zero-order valence-electron chi connectivity index (χ0n) is 14.2. The molecule has 7 heteroatoms. The predicted octanol–water partition coefficient (Wildman–Crippen LogP) is 1.41. The summed E-state index contributed by atoms with van der Waals surface area (Å²) < 4.78 is 5.21. The Kier molecular flexibility index (Phi) is 5.11. The van der Waals surface area contributed by atoms with Gasteiger partial charge in [0.2, 0.25) is 0 Å². The molecule has 0 saturated carbocycles. The van der Waals surface area contributed by atoms with E-state index in [0.717, 1.165) is 25.9 Å². The molecular formula is C18H21N3O4. The van der Waals surface area contributed by atoms with Crippen LogP contribution in [0.4, 0.5) is 0 Å². The molecule has 1 N–H and O–H groups in total. The van der Waals surface area contributed by atoms with Crippen LogP contribution in [0.25, 0.3) is 10.9 Å². The van der Waals surface area contributed by atoms with Crippen molar-refractivity contribution in [2.75, 3.05) is 13.1 Å². The molecule has 0 aliphatic carbocycles. The minimum atomic E-state index is -0.783. The first-order chi connectivity index (χ1) is 12.0. The lowest BCUT2D eigenvalue weighted by Gasteiger charge is -2.20. The second-order valence-electron chi connectivity index (χ2n) is 6.19. The molecule has 3 rings (SSSR count). The summed E-state index contributed by atoms with van der Waals surface area (Å²) in [6.07, 6.45) is 1.51. The molecule has 7 nitrogen and oxygen atoms in total. The van der Waals surface area contributed by atoms with Crippen LogP contribution in [-0.2, 0) is 20.7 Å². The molecule has 0 radical (unpaired) electrons. The fourth-order valence-corrected chi connectivity index (χ4v) is 2.97. The molecule has 1 saturated heterocycles. The maximum absolute atomic E-state index is 12.1. The van der Waals surface area contributed by atoms with Crippen LogP contribution >= 0.6 is 0 Å². The monoisotopic (exact) mass is 343 g/mol. The van der Waals surface area contributed by atoms with Crippen LogP contribution in [0.1, 0.15) is 32.0 Å². The summed E-state index contributed by atoms with van der Waals surface area (Å²) in [6.45, 7) is 3.04. The molecule has 1 aromatic carbocycles. The third-order valence-corrected chi connectivity index (χ3v) is 4.30. The van der Waals surface area contributed by atoms with Gasteiger partial charge in [0.25, 0.3) is 11.5 Å². The van der Waals surface area contributed by atoms with E-state index in [-0.39, 0.29) is 24.3 Å². The lowest BCUT2D eigenvalue weighted by Crippen LogP contribution is -2.38. The van der Waals surface area contributed by atoms with Crippen molar-refractivity contribution in [1.82, 2.24) is 14.9 Å². The molecule has 132 valence electrons. The Hall–Kier alpha value is -2.70. The van der Waals surface area contributed by atoms with Gasteiger partial charge in [-0.3, -0.25) is 14.4 Å². The topological polar surface area (TPSA) is 92.4 Å². The van der Waals surface area contributed by atoms with Gasteiger partial charge in [-0.1, -0.05) is 12.1 Å². The highest BCUT2D eigenvalue weighted by Gasteiger charge is 2.25. The van der Waals surface area contributed by atoms with Crippen molar-refractivity contribution in [3.63, 3.8) is 0 Å². The molecule has 25 heavy (non-hydrogen) atoms. The van der Waals surface area contributed by atoms with Gasteiger partial charge in [-0.05, 0) is 31.9 Å². The van der Waals surface area contributed by atoms with E-state index < -0.39 is 12.1 Å². The van der Waals surface area contributed by atoms with E-state index in [2.05, 4.69) is 9.97 Å². The lowest BCUT2D eigenvalue weighted by atomic mass is 10.2. The number of aromatic nitrogens is 2. The Labute approximate surface area is 145 Å². The quantitative estimate of drug-likeness (QED) is 0.829. The van der Waals surface area contributed by atoms with E-state index in [1.165, 1.54) is 0 Å². The predicted molar refractivity (Wildman–Crippen MR) is 92.1 cm³/mol. The van der Waals surface area contributed by atoms with Crippen molar-refractivity contribution in [1.29, 1.82) is 0 Å². The number of fused-ring (bicyclic) bond motifs is 1. The van der Waals surface area contributed by atoms with Gasteiger partial charge in [0.05, 0.1) is 17.3 Å². The summed E-state index contributed by atoms with van der Waals surface area (Å²) >= 11 is 0. The van der Waals surface area contributed by atoms with Crippen LogP contribution in [0.2, 0.25) is 0 Å². The van der Waals surface area contributed by atoms with E-state index in [1.54, 1.807) is 36.1 Å². The zero-order chi connectivity index (χ0) is 17.8. The molecule has 2 heterocycles. The van der Waals surface area contributed by atoms with Crippen molar-refractivity contribution in [3.05, 3.63) is 40.4 Å². The Morgan fingerprint density at radius 3 is 2.76 bits per heavy atom. The van der Waals surface area contributed by atoms with Crippen LogP contribution in [0, 0.1) is 0 Å². The van der Waals surface area contributed by atoms with Crippen LogP contribution in [0.3, 0.4) is 0 Å². The SMILES string of the molecule is CC(OC(=O)CCc1nc2ccccc2c(=O)[nH]1)C(=O)N1CCCC1. The third-order valence-electron chi connectivity index (χ3n) is 4.30. The minimum absolute atomic E-state index is 0.0545. The number of rotatable bonds is 5. The minimum Gasteiger partial charge on any atom is -0.453 e. The zero-order valence-corrected chi connectivity index (χ0v) is 14.2. The first-order valence-electron chi connectivity index (χ1n) is 8.51. The van der Waals surface area contributed by atoms with E-state index >= 15 is 0 Å². The highest BCUT2D eigenvalue weighted by molar-refractivity contribution is 5.83. The van der Waals surface area contributed by atoms with Crippen LogP contribution in [0.5, 0.6) is 0 Å². The molecule has 1 aliphatic rings.